The summed E-state index contributed by atoms with van der Waals surface area (Å²) in [6.07, 6.45) is -0.948. The standard InChI is InChI=1S/C24H20N2O5/c1-16(27)26-15-22(31-21-10-6-5-9-20(21)26)24(29)30-19-13-11-18(12-14-19)25-23(28)17-7-3-2-4-8-17/h2-14,22H,15H2,1H3,(H,25,28)/t22-/m0/s1. The summed E-state index contributed by atoms with van der Waals surface area (Å²) in [6.45, 7) is 1.50. The monoisotopic (exact) mass is 416 g/mol. The number of ether oxygens (including phenoxy) is 2. The molecule has 0 unspecified atom stereocenters. The van der Waals surface area contributed by atoms with Gasteiger partial charge in [-0.05, 0) is 48.5 Å². The van der Waals surface area contributed by atoms with E-state index in [1.165, 1.54) is 11.8 Å². The summed E-state index contributed by atoms with van der Waals surface area (Å²) in [7, 11) is 0. The molecule has 156 valence electrons. The lowest BCUT2D eigenvalue weighted by Gasteiger charge is -2.33. The second kappa shape index (κ2) is 8.71. The number of nitrogens with zero attached hydrogens (tertiary/aromatic N) is 1. The quantitative estimate of drug-likeness (QED) is 0.518. The minimum Gasteiger partial charge on any atom is -0.475 e. The van der Waals surface area contributed by atoms with Crippen molar-refractivity contribution in [1.82, 2.24) is 0 Å². The number of nitrogens with one attached hydrogen (secondary N) is 1. The molecule has 0 bridgehead atoms. The van der Waals surface area contributed by atoms with E-state index in [1.54, 1.807) is 72.8 Å². The zero-order valence-corrected chi connectivity index (χ0v) is 16.8. The number of hydrogen-bond acceptors (Lipinski definition) is 5. The van der Waals surface area contributed by atoms with Gasteiger partial charge in [0, 0.05) is 18.2 Å². The van der Waals surface area contributed by atoms with Crippen LogP contribution in [0.2, 0.25) is 0 Å². The number of para-hydroxylation sites is 2. The van der Waals surface area contributed by atoms with Gasteiger partial charge in [-0.1, -0.05) is 30.3 Å². The van der Waals surface area contributed by atoms with Gasteiger partial charge in [0.2, 0.25) is 12.0 Å². The van der Waals surface area contributed by atoms with E-state index in [0.29, 0.717) is 28.4 Å². The van der Waals surface area contributed by atoms with E-state index in [2.05, 4.69) is 5.32 Å². The number of anilines is 2. The lowest BCUT2D eigenvalue weighted by molar-refractivity contribution is -0.142. The number of carbonyl (C=O) groups excluding carboxylic acids is 3. The molecule has 2 amide bonds. The van der Waals surface area contributed by atoms with Crippen LogP contribution in [0.5, 0.6) is 11.5 Å². The Morgan fingerprint density at radius 3 is 2.32 bits per heavy atom. The van der Waals surface area contributed by atoms with Gasteiger partial charge in [-0.2, -0.15) is 0 Å². The van der Waals surface area contributed by atoms with E-state index >= 15 is 0 Å². The Balaban J connectivity index is 1.41. The van der Waals surface area contributed by atoms with E-state index in [9.17, 15) is 14.4 Å². The summed E-state index contributed by atoms with van der Waals surface area (Å²) in [6, 6.07) is 22.3. The third-order valence-electron chi connectivity index (χ3n) is 4.78. The van der Waals surface area contributed by atoms with E-state index < -0.39 is 12.1 Å². The first-order valence-corrected chi connectivity index (χ1v) is 9.73. The Morgan fingerprint density at radius 2 is 1.61 bits per heavy atom. The Labute approximate surface area is 179 Å². The molecule has 3 aromatic rings. The molecule has 4 rings (SSSR count). The van der Waals surface area contributed by atoms with E-state index in [4.69, 9.17) is 9.47 Å². The first kappa shape index (κ1) is 20.2. The molecule has 0 aromatic heterocycles. The first-order chi connectivity index (χ1) is 15.0. The number of rotatable bonds is 4. The van der Waals surface area contributed by atoms with Crippen molar-refractivity contribution >= 4 is 29.2 Å². The number of hydrogen-bond donors (Lipinski definition) is 1. The van der Waals surface area contributed by atoms with Crippen molar-refractivity contribution in [1.29, 1.82) is 0 Å². The maximum absolute atomic E-state index is 12.6. The minimum atomic E-state index is -0.948. The normalized spacial score (nSPS) is 14.7. The van der Waals surface area contributed by atoms with Crippen molar-refractivity contribution in [3.05, 3.63) is 84.4 Å². The van der Waals surface area contributed by atoms with Crippen molar-refractivity contribution in [3.8, 4) is 11.5 Å². The topological polar surface area (TPSA) is 84.9 Å². The molecule has 0 spiro atoms. The Kier molecular flexibility index (Phi) is 5.66. The highest BCUT2D eigenvalue weighted by Crippen LogP contribution is 2.33. The highest BCUT2D eigenvalue weighted by atomic mass is 16.6. The number of amides is 2. The number of carbonyl (C=O) groups is 3. The summed E-state index contributed by atoms with van der Waals surface area (Å²) in [5.41, 5.74) is 1.74. The third-order valence-corrected chi connectivity index (χ3v) is 4.78. The van der Waals surface area contributed by atoms with Crippen molar-refractivity contribution < 1.29 is 23.9 Å². The Bertz CT molecular complexity index is 1110. The predicted molar refractivity (Wildman–Crippen MR) is 115 cm³/mol. The number of esters is 1. The molecule has 0 aliphatic carbocycles. The second-order valence-corrected chi connectivity index (χ2v) is 6.97. The van der Waals surface area contributed by atoms with Gasteiger partial charge in [-0.25, -0.2) is 4.79 Å². The molecule has 31 heavy (non-hydrogen) atoms. The van der Waals surface area contributed by atoms with Crippen molar-refractivity contribution in [2.24, 2.45) is 0 Å². The molecule has 0 saturated carbocycles. The highest BCUT2D eigenvalue weighted by molar-refractivity contribution is 6.04. The van der Waals surface area contributed by atoms with Crippen LogP contribution in [0.3, 0.4) is 0 Å². The fourth-order valence-corrected chi connectivity index (χ4v) is 3.24. The summed E-state index contributed by atoms with van der Waals surface area (Å²) in [5.74, 6) is -0.276. The van der Waals surface area contributed by atoms with Gasteiger partial charge in [0.15, 0.2) is 0 Å². The average Bonchev–Trinajstić information content (AvgIpc) is 2.80. The van der Waals surface area contributed by atoms with Crippen LogP contribution >= 0.6 is 0 Å². The molecule has 1 N–H and O–H groups in total. The maximum atomic E-state index is 12.6. The fraction of sp³-hybridized carbons (Fsp3) is 0.125. The summed E-state index contributed by atoms with van der Waals surface area (Å²) >= 11 is 0. The minimum absolute atomic E-state index is 0.0659. The molecule has 0 saturated heterocycles. The van der Waals surface area contributed by atoms with Crippen LogP contribution in [0.25, 0.3) is 0 Å². The van der Waals surface area contributed by atoms with Gasteiger partial charge in [0.1, 0.15) is 11.5 Å². The molecule has 7 heteroatoms. The molecule has 1 heterocycles. The number of fused-ring (bicyclic) bond motifs is 1. The number of benzene rings is 3. The Morgan fingerprint density at radius 1 is 0.935 bits per heavy atom. The van der Waals surface area contributed by atoms with Crippen molar-refractivity contribution in [2.75, 3.05) is 16.8 Å². The van der Waals surface area contributed by atoms with Crippen LogP contribution in [-0.2, 0) is 9.59 Å². The van der Waals surface area contributed by atoms with Crippen molar-refractivity contribution in [2.45, 2.75) is 13.0 Å². The summed E-state index contributed by atoms with van der Waals surface area (Å²) in [5, 5.41) is 2.78. The summed E-state index contributed by atoms with van der Waals surface area (Å²) < 4.78 is 11.2. The van der Waals surface area contributed by atoms with Gasteiger partial charge in [-0.15, -0.1) is 0 Å². The molecule has 1 aliphatic rings. The zero-order valence-electron chi connectivity index (χ0n) is 16.8. The highest BCUT2D eigenvalue weighted by Gasteiger charge is 2.33. The fourth-order valence-electron chi connectivity index (χ4n) is 3.24. The Hall–Kier alpha value is -4.13. The lowest BCUT2D eigenvalue weighted by Crippen LogP contribution is -2.47. The molecule has 7 nitrogen and oxygen atoms in total. The first-order valence-electron chi connectivity index (χ1n) is 9.73. The second-order valence-electron chi connectivity index (χ2n) is 6.97. The van der Waals surface area contributed by atoms with Gasteiger partial charge in [0.25, 0.3) is 5.91 Å². The molecule has 0 fully saturated rings. The van der Waals surface area contributed by atoms with Crippen molar-refractivity contribution in [3.63, 3.8) is 0 Å². The van der Waals surface area contributed by atoms with Crippen LogP contribution in [0.15, 0.2) is 78.9 Å². The van der Waals surface area contributed by atoms with E-state index in [1.807, 2.05) is 6.07 Å². The van der Waals surface area contributed by atoms with Crippen LogP contribution in [0, 0.1) is 0 Å². The van der Waals surface area contributed by atoms with Crippen LogP contribution in [-0.4, -0.2) is 30.4 Å². The smallest absolute Gasteiger partial charge is 0.354 e. The van der Waals surface area contributed by atoms with E-state index in [0.717, 1.165) is 0 Å². The largest absolute Gasteiger partial charge is 0.475 e. The van der Waals surface area contributed by atoms with Gasteiger partial charge in [0.05, 0.1) is 12.2 Å². The van der Waals surface area contributed by atoms with Gasteiger partial charge in [-0.3, -0.25) is 9.59 Å². The van der Waals surface area contributed by atoms with Crippen LogP contribution in [0.1, 0.15) is 17.3 Å². The lowest BCUT2D eigenvalue weighted by atomic mass is 10.2. The molecule has 1 atom stereocenters. The molecule has 1 aliphatic heterocycles. The van der Waals surface area contributed by atoms with Crippen LogP contribution < -0.4 is 19.7 Å². The zero-order chi connectivity index (χ0) is 21.8. The predicted octanol–water partition coefficient (Wildman–Crippen LogP) is 3.66. The SMILES string of the molecule is CC(=O)N1C[C@@H](C(=O)Oc2ccc(NC(=O)c3ccccc3)cc2)Oc2ccccc21. The molecular weight excluding hydrogens is 396 g/mol. The maximum Gasteiger partial charge on any atom is 0.354 e. The van der Waals surface area contributed by atoms with E-state index in [-0.39, 0.29) is 18.4 Å². The van der Waals surface area contributed by atoms with Gasteiger partial charge < -0.3 is 19.7 Å². The third kappa shape index (κ3) is 4.56. The average molecular weight is 416 g/mol. The van der Waals surface area contributed by atoms with Crippen LogP contribution in [0.4, 0.5) is 11.4 Å². The molecule has 3 aromatic carbocycles. The van der Waals surface area contributed by atoms with Gasteiger partial charge >= 0.3 is 5.97 Å². The molecule has 0 radical (unpaired) electrons. The molecular formula is C24H20N2O5. The summed E-state index contributed by atoms with van der Waals surface area (Å²) in [4.78, 5) is 38.4.